The molecule has 0 saturated carbocycles. The number of aryl methyl sites for hydroxylation is 1. The second-order valence-corrected chi connectivity index (χ2v) is 6.01. The maximum atomic E-state index is 12.9. The van der Waals surface area contributed by atoms with Crippen LogP contribution in [-0.4, -0.2) is 29.7 Å². The van der Waals surface area contributed by atoms with E-state index in [0.29, 0.717) is 17.2 Å². The molecule has 0 fully saturated rings. The fraction of sp³-hybridized carbons (Fsp3) is 0.150. The van der Waals surface area contributed by atoms with Crippen LogP contribution in [0.15, 0.2) is 58.3 Å². The summed E-state index contributed by atoms with van der Waals surface area (Å²) in [5.41, 5.74) is 0.130. The van der Waals surface area contributed by atoms with Crippen molar-refractivity contribution in [1.82, 2.24) is 9.55 Å². The molecule has 2 aromatic carbocycles. The molecule has 0 atom stereocenters. The molecule has 1 heterocycles. The number of carbonyl (C=O) groups is 1. The number of anilines is 1. The van der Waals surface area contributed by atoms with Gasteiger partial charge < -0.3 is 19.8 Å². The predicted molar refractivity (Wildman–Crippen MR) is 105 cm³/mol. The fourth-order valence-corrected chi connectivity index (χ4v) is 2.76. The highest BCUT2D eigenvalue weighted by Gasteiger charge is 2.17. The molecule has 8 nitrogen and oxygen atoms in total. The van der Waals surface area contributed by atoms with Crippen molar-refractivity contribution >= 4 is 11.6 Å². The first kappa shape index (κ1) is 19.0. The molecule has 0 aliphatic carbocycles. The maximum absolute atomic E-state index is 12.9. The number of amides is 1. The Balaban J connectivity index is 2.04. The number of aromatic nitrogens is 2. The van der Waals surface area contributed by atoms with E-state index in [1.54, 1.807) is 24.3 Å². The maximum Gasteiger partial charge on any atom is 0.333 e. The van der Waals surface area contributed by atoms with Crippen molar-refractivity contribution in [3.8, 4) is 17.2 Å². The van der Waals surface area contributed by atoms with Crippen LogP contribution in [0.1, 0.15) is 15.9 Å². The van der Waals surface area contributed by atoms with Gasteiger partial charge in [0.25, 0.3) is 11.5 Å². The van der Waals surface area contributed by atoms with Crippen LogP contribution in [0, 0.1) is 6.92 Å². The summed E-state index contributed by atoms with van der Waals surface area (Å²) in [7, 11) is 2.92. The molecule has 3 rings (SSSR count). The van der Waals surface area contributed by atoms with E-state index in [1.807, 2.05) is 13.0 Å². The average molecular weight is 381 g/mol. The highest BCUT2D eigenvalue weighted by atomic mass is 16.5. The third-order valence-corrected chi connectivity index (χ3v) is 4.12. The molecule has 0 unspecified atom stereocenters. The molecule has 0 spiro atoms. The number of H-pyrrole nitrogens is 1. The number of carbonyl (C=O) groups excluding carboxylic acids is 1. The van der Waals surface area contributed by atoms with Crippen LogP contribution in [0.4, 0.5) is 5.69 Å². The second kappa shape index (κ2) is 7.83. The molecule has 0 aliphatic rings. The monoisotopic (exact) mass is 381 g/mol. The van der Waals surface area contributed by atoms with Gasteiger partial charge in [0.15, 0.2) is 11.5 Å². The van der Waals surface area contributed by atoms with Crippen molar-refractivity contribution in [1.29, 1.82) is 0 Å². The molecule has 0 aliphatic heterocycles. The fourth-order valence-electron chi connectivity index (χ4n) is 2.76. The minimum absolute atomic E-state index is 0.198. The third-order valence-electron chi connectivity index (χ3n) is 4.12. The number of aromatic amines is 1. The summed E-state index contributed by atoms with van der Waals surface area (Å²) in [4.78, 5) is 40.1. The summed E-state index contributed by atoms with van der Waals surface area (Å²) < 4.78 is 11.2. The van der Waals surface area contributed by atoms with Crippen molar-refractivity contribution in [3.05, 3.63) is 80.6 Å². The number of rotatable bonds is 5. The molecule has 0 bridgehead atoms. The summed E-state index contributed by atoms with van der Waals surface area (Å²) in [6.07, 6.45) is 1.10. The Bertz CT molecular complexity index is 1150. The van der Waals surface area contributed by atoms with E-state index in [2.05, 4.69) is 10.3 Å². The summed E-state index contributed by atoms with van der Waals surface area (Å²) in [6, 6.07) is 11.7. The molecule has 1 amide bonds. The number of ether oxygens (including phenoxy) is 2. The van der Waals surface area contributed by atoms with Crippen LogP contribution >= 0.6 is 0 Å². The number of methoxy groups -OCH3 is 2. The van der Waals surface area contributed by atoms with Gasteiger partial charge in [0.1, 0.15) is 5.56 Å². The number of nitrogens with one attached hydrogen (secondary N) is 2. The number of hydrogen-bond donors (Lipinski definition) is 2. The van der Waals surface area contributed by atoms with Gasteiger partial charge in [-0.1, -0.05) is 12.1 Å². The van der Waals surface area contributed by atoms with Gasteiger partial charge >= 0.3 is 5.69 Å². The quantitative estimate of drug-likeness (QED) is 0.705. The standard InChI is InChI=1S/C20H19N3O5/c1-12-5-4-6-13(9-12)22-18(24)15-11-21-20(26)23(19(15)25)14-7-8-16(27-2)17(10-14)28-3/h4-11H,1-3H3,(H,21,26)(H,22,24). The van der Waals surface area contributed by atoms with Crippen LogP contribution in [-0.2, 0) is 0 Å². The lowest BCUT2D eigenvalue weighted by Gasteiger charge is -2.11. The summed E-state index contributed by atoms with van der Waals surface area (Å²) in [5.74, 6) is 0.172. The Morgan fingerprint density at radius 2 is 1.79 bits per heavy atom. The molecular weight excluding hydrogens is 362 g/mol. The van der Waals surface area contributed by atoms with Crippen molar-refractivity contribution in [2.75, 3.05) is 19.5 Å². The van der Waals surface area contributed by atoms with Crippen LogP contribution in [0.5, 0.6) is 11.5 Å². The zero-order valence-corrected chi connectivity index (χ0v) is 15.6. The first-order valence-corrected chi connectivity index (χ1v) is 8.39. The van der Waals surface area contributed by atoms with Crippen LogP contribution in [0.25, 0.3) is 5.69 Å². The van der Waals surface area contributed by atoms with Crippen molar-refractivity contribution < 1.29 is 14.3 Å². The molecule has 0 saturated heterocycles. The normalized spacial score (nSPS) is 10.4. The first-order valence-electron chi connectivity index (χ1n) is 8.39. The van der Waals surface area contributed by atoms with E-state index in [4.69, 9.17) is 9.47 Å². The highest BCUT2D eigenvalue weighted by molar-refractivity contribution is 6.03. The molecular formula is C20H19N3O5. The van der Waals surface area contributed by atoms with Gasteiger partial charge in [-0.05, 0) is 36.8 Å². The van der Waals surface area contributed by atoms with E-state index in [9.17, 15) is 14.4 Å². The van der Waals surface area contributed by atoms with Gasteiger partial charge in [-0.15, -0.1) is 0 Å². The number of hydrogen-bond acceptors (Lipinski definition) is 5. The Morgan fingerprint density at radius 3 is 2.46 bits per heavy atom. The Morgan fingerprint density at radius 1 is 1.04 bits per heavy atom. The molecule has 1 aromatic heterocycles. The van der Waals surface area contributed by atoms with E-state index in [-0.39, 0.29) is 11.3 Å². The number of benzene rings is 2. The van der Waals surface area contributed by atoms with E-state index in [1.165, 1.54) is 26.4 Å². The van der Waals surface area contributed by atoms with Crippen molar-refractivity contribution in [2.45, 2.75) is 6.92 Å². The zero-order valence-electron chi connectivity index (χ0n) is 15.6. The third kappa shape index (κ3) is 3.66. The van der Waals surface area contributed by atoms with E-state index >= 15 is 0 Å². The average Bonchev–Trinajstić information content (AvgIpc) is 2.67. The van der Waals surface area contributed by atoms with Crippen molar-refractivity contribution in [2.24, 2.45) is 0 Å². The Kier molecular flexibility index (Phi) is 5.30. The van der Waals surface area contributed by atoms with Crippen LogP contribution in [0.2, 0.25) is 0 Å². The van der Waals surface area contributed by atoms with Crippen LogP contribution in [0.3, 0.4) is 0 Å². The molecule has 0 radical (unpaired) electrons. The minimum atomic E-state index is -0.749. The lowest BCUT2D eigenvalue weighted by molar-refractivity contribution is 0.102. The van der Waals surface area contributed by atoms with Gasteiger partial charge in [0, 0.05) is 18.0 Å². The molecule has 2 N–H and O–H groups in total. The van der Waals surface area contributed by atoms with Gasteiger partial charge in [0.05, 0.1) is 19.9 Å². The summed E-state index contributed by atoms with van der Waals surface area (Å²) >= 11 is 0. The largest absolute Gasteiger partial charge is 0.493 e. The summed E-state index contributed by atoms with van der Waals surface area (Å²) in [5, 5.41) is 2.66. The first-order chi connectivity index (χ1) is 13.4. The molecule has 8 heteroatoms. The topological polar surface area (TPSA) is 102 Å². The van der Waals surface area contributed by atoms with Crippen LogP contribution < -0.4 is 26.0 Å². The van der Waals surface area contributed by atoms with Gasteiger partial charge in [-0.3, -0.25) is 9.59 Å². The van der Waals surface area contributed by atoms with E-state index in [0.717, 1.165) is 16.3 Å². The number of nitrogens with zero attached hydrogens (tertiary/aromatic N) is 1. The van der Waals surface area contributed by atoms with Gasteiger partial charge in [0.2, 0.25) is 0 Å². The summed E-state index contributed by atoms with van der Waals surface area (Å²) in [6.45, 7) is 1.89. The van der Waals surface area contributed by atoms with Gasteiger partial charge in [-0.2, -0.15) is 0 Å². The van der Waals surface area contributed by atoms with Crippen molar-refractivity contribution in [3.63, 3.8) is 0 Å². The molecule has 3 aromatic rings. The molecule has 144 valence electrons. The smallest absolute Gasteiger partial charge is 0.333 e. The predicted octanol–water partition coefficient (Wildman–Crippen LogP) is 2.10. The van der Waals surface area contributed by atoms with Gasteiger partial charge in [-0.25, -0.2) is 9.36 Å². The highest BCUT2D eigenvalue weighted by Crippen LogP contribution is 2.28. The SMILES string of the molecule is COc1ccc(-n2c(=O)[nH]cc(C(=O)Nc3cccc(C)c3)c2=O)cc1OC. The minimum Gasteiger partial charge on any atom is -0.493 e. The Labute approximate surface area is 160 Å². The lowest BCUT2D eigenvalue weighted by Crippen LogP contribution is -2.38. The second-order valence-electron chi connectivity index (χ2n) is 6.01. The Hall–Kier alpha value is -3.81. The zero-order chi connectivity index (χ0) is 20.3. The lowest BCUT2D eigenvalue weighted by atomic mass is 10.2. The van der Waals surface area contributed by atoms with E-state index < -0.39 is 17.2 Å². The molecule has 28 heavy (non-hydrogen) atoms.